The molecular formula is C20H30ClN3O4. The Morgan fingerprint density at radius 2 is 1.75 bits per heavy atom. The second-order valence-electron chi connectivity index (χ2n) is 7.04. The lowest BCUT2D eigenvalue weighted by Gasteiger charge is -2.36. The number of aryl methyl sites for hydroxylation is 1. The second kappa shape index (κ2) is 11.2. The number of halogens is 1. The Morgan fingerprint density at radius 3 is 2.32 bits per heavy atom. The third-order valence-corrected chi connectivity index (χ3v) is 5.19. The molecule has 8 heteroatoms. The van der Waals surface area contributed by atoms with E-state index >= 15 is 0 Å². The minimum Gasteiger partial charge on any atom is -0.497 e. The number of morpholine rings is 1. The van der Waals surface area contributed by atoms with E-state index in [0.717, 1.165) is 24.3 Å². The summed E-state index contributed by atoms with van der Waals surface area (Å²) in [5.41, 5.74) is 1.13. The van der Waals surface area contributed by atoms with E-state index < -0.39 is 0 Å². The fraction of sp³-hybridized carbons (Fsp3) is 0.600. The van der Waals surface area contributed by atoms with Crippen LogP contribution in [0, 0.1) is 0 Å². The van der Waals surface area contributed by atoms with Crippen LogP contribution in [0.4, 0.5) is 0 Å². The molecule has 3 rings (SSSR count). The molecule has 2 aliphatic rings. The molecule has 2 aliphatic heterocycles. The van der Waals surface area contributed by atoms with E-state index in [9.17, 15) is 9.59 Å². The predicted octanol–water partition coefficient (Wildman–Crippen LogP) is 1.10. The highest BCUT2D eigenvalue weighted by atomic mass is 35.5. The topological polar surface area (TPSA) is 71.1 Å². The lowest BCUT2D eigenvalue weighted by atomic mass is 10.1. The van der Waals surface area contributed by atoms with E-state index in [1.165, 1.54) is 0 Å². The molecule has 156 valence electrons. The van der Waals surface area contributed by atoms with Gasteiger partial charge in [-0.3, -0.25) is 9.59 Å². The van der Waals surface area contributed by atoms with E-state index in [2.05, 4.69) is 5.32 Å². The van der Waals surface area contributed by atoms with Crippen molar-refractivity contribution in [2.45, 2.75) is 25.3 Å². The SMILES string of the molecule is COc1ccc(CCC(=O)N2CCN(C(=O)CC3COCCN3)CC2)cc1.Cl. The number of carbonyl (C=O) groups is 2. The molecule has 2 heterocycles. The Labute approximate surface area is 172 Å². The molecule has 1 aromatic carbocycles. The number of carbonyl (C=O) groups excluding carboxylic acids is 2. The van der Waals surface area contributed by atoms with Crippen molar-refractivity contribution in [2.75, 3.05) is 53.0 Å². The summed E-state index contributed by atoms with van der Waals surface area (Å²) in [4.78, 5) is 28.6. The molecule has 2 amide bonds. The van der Waals surface area contributed by atoms with Crippen LogP contribution in [0.3, 0.4) is 0 Å². The van der Waals surface area contributed by atoms with Gasteiger partial charge in [0.25, 0.3) is 0 Å². The standard InChI is InChI=1S/C20H29N3O4.ClH/c1-26-18-5-2-16(3-6-18)4-7-19(24)22-9-11-23(12-10-22)20(25)14-17-15-27-13-8-21-17;/h2-3,5-6,17,21H,4,7-15H2,1H3;1H. The summed E-state index contributed by atoms with van der Waals surface area (Å²) in [5.74, 6) is 1.12. The molecule has 2 saturated heterocycles. The summed E-state index contributed by atoms with van der Waals surface area (Å²) in [6.45, 7) is 4.55. The number of nitrogens with one attached hydrogen (secondary N) is 1. The number of hydrogen-bond donors (Lipinski definition) is 1. The van der Waals surface area contributed by atoms with E-state index in [1.807, 2.05) is 34.1 Å². The van der Waals surface area contributed by atoms with Crippen LogP contribution < -0.4 is 10.1 Å². The average molecular weight is 412 g/mol. The highest BCUT2D eigenvalue weighted by Gasteiger charge is 2.26. The van der Waals surface area contributed by atoms with E-state index in [0.29, 0.717) is 52.2 Å². The number of hydrogen-bond acceptors (Lipinski definition) is 5. The lowest BCUT2D eigenvalue weighted by molar-refractivity contribution is -0.140. The van der Waals surface area contributed by atoms with Crippen LogP contribution in [0.1, 0.15) is 18.4 Å². The number of ether oxygens (including phenoxy) is 2. The second-order valence-corrected chi connectivity index (χ2v) is 7.04. The molecule has 28 heavy (non-hydrogen) atoms. The van der Waals surface area contributed by atoms with Crippen molar-refractivity contribution in [1.82, 2.24) is 15.1 Å². The molecule has 1 unspecified atom stereocenters. The zero-order valence-corrected chi connectivity index (χ0v) is 17.2. The summed E-state index contributed by atoms with van der Waals surface area (Å²) >= 11 is 0. The van der Waals surface area contributed by atoms with Gasteiger partial charge in [-0.2, -0.15) is 0 Å². The van der Waals surface area contributed by atoms with Gasteiger partial charge in [0.1, 0.15) is 5.75 Å². The van der Waals surface area contributed by atoms with Gasteiger partial charge in [0.2, 0.25) is 11.8 Å². The van der Waals surface area contributed by atoms with Crippen LogP contribution in [0.5, 0.6) is 5.75 Å². The van der Waals surface area contributed by atoms with Crippen molar-refractivity contribution in [3.8, 4) is 5.75 Å². The van der Waals surface area contributed by atoms with Crippen LogP contribution in [-0.4, -0.2) is 80.7 Å². The summed E-state index contributed by atoms with van der Waals surface area (Å²) in [7, 11) is 1.64. The van der Waals surface area contributed by atoms with Crippen molar-refractivity contribution >= 4 is 24.2 Å². The quantitative estimate of drug-likeness (QED) is 0.759. The first kappa shape index (κ1) is 22.5. The summed E-state index contributed by atoms with van der Waals surface area (Å²) in [6.07, 6.45) is 1.67. The predicted molar refractivity (Wildman–Crippen MR) is 109 cm³/mol. The zero-order chi connectivity index (χ0) is 19.1. The van der Waals surface area contributed by atoms with Gasteiger partial charge in [-0.15, -0.1) is 12.4 Å². The van der Waals surface area contributed by atoms with Gasteiger partial charge in [0.15, 0.2) is 0 Å². The average Bonchev–Trinajstić information content (AvgIpc) is 2.73. The van der Waals surface area contributed by atoms with Gasteiger partial charge in [0, 0.05) is 51.6 Å². The monoisotopic (exact) mass is 411 g/mol. The number of nitrogens with zero attached hydrogens (tertiary/aromatic N) is 2. The zero-order valence-electron chi connectivity index (χ0n) is 16.4. The summed E-state index contributed by atoms with van der Waals surface area (Å²) in [5, 5.41) is 3.31. The molecule has 0 spiro atoms. The fourth-order valence-corrected chi connectivity index (χ4v) is 3.50. The molecule has 0 aromatic heterocycles. The van der Waals surface area contributed by atoms with Gasteiger partial charge in [0.05, 0.1) is 20.3 Å². The first-order chi connectivity index (χ1) is 13.2. The van der Waals surface area contributed by atoms with E-state index in [1.54, 1.807) is 7.11 Å². The van der Waals surface area contributed by atoms with Gasteiger partial charge in [-0.1, -0.05) is 12.1 Å². The Kier molecular flexibility index (Phi) is 9.02. The Bertz CT molecular complexity index is 627. The fourth-order valence-electron chi connectivity index (χ4n) is 3.50. The molecule has 2 fully saturated rings. The molecule has 0 aliphatic carbocycles. The maximum absolute atomic E-state index is 12.5. The smallest absolute Gasteiger partial charge is 0.224 e. The van der Waals surface area contributed by atoms with Gasteiger partial charge < -0.3 is 24.6 Å². The van der Waals surface area contributed by atoms with Crippen LogP contribution in [0.25, 0.3) is 0 Å². The first-order valence-corrected chi connectivity index (χ1v) is 9.65. The Hall–Kier alpha value is -1.83. The number of benzene rings is 1. The Morgan fingerprint density at radius 1 is 1.11 bits per heavy atom. The van der Waals surface area contributed by atoms with Crippen LogP contribution in [0.2, 0.25) is 0 Å². The number of methoxy groups -OCH3 is 1. The molecule has 0 saturated carbocycles. The van der Waals surface area contributed by atoms with Crippen molar-refractivity contribution in [2.24, 2.45) is 0 Å². The molecular weight excluding hydrogens is 382 g/mol. The maximum Gasteiger partial charge on any atom is 0.224 e. The van der Waals surface area contributed by atoms with Crippen LogP contribution in [0.15, 0.2) is 24.3 Å². The Balaban J connectivity index is 0.00000280. The van der Waals surface area contributed by atoms with Gasteiger partial charge >= 0.3 is 0 Å². The lowest BCUT2D eigenvalue weighted by Crippen LogP contribution is -2.52. The minimum atomic E-state index is 0. The first-order valence-electron chi connectivity index (χ1n) is 9.65. The molecule has 1 aromatic rings. The summed E-state index contributed by atoms with van der Waals surface area (Å²) < 4.78 is 10.6. The van der Waals surface area contributed by atoms with Crippen molar-refractivity contribution in [3.05, 3.63) is 29.8 Å². The van der Waals surface area contributed by atoms with Crippen molar-refractivity contribution < 1.29 is 19.1 Å². The van der Waals surface area contributed by atoms with Gasteiger partial charge in [-0.05, 0) is 24.1 Å². The summed E-state index contributed by atoms with van der Waals surface area (Å²) in [6, 6.07) is 7.92. The van der Waals surface area contributed by atoms with Crippen molar-refractivity contribution in [3.63, 3.8) is 0 Å². The van der Waals surface area contributed by atoms with Crippen LogP contribution >= 0.6 is 12.4 Å². The molecule has 7 nitrogen and oxygen atoms in total. The van der Waals surface area contributed by atoms with Crippen LogP contribution in [-0.2, 0) is 20.7 Å². The molecule has 0 radical (unpaired) electrons. The number of amides is 2. The van der Waals surface area contributed by atoms with E-state index in [-0.39, 0.29) is 30.3 Å². The normalized spacial score (nSPS) is 19.7. The largest absolute Gasteiger partial charge is 0.497 e. The number of piperazine rings is 1. The highest BCUT2D eigenvalue weighted by molar-refractivity contribution is 5.85. The number of rotatable bonds is 6. The molecule has 1 N–H and O–H groups in total. The van der Waals surface area contributed by atoms with E-state index in [4.69, 9.17) is 9.47 Å². The highest BCUT2D eigenvalue weighted by Crippen LogP contribution is 2.14. The maximum atomic E-state index is 12.5. The van der Waals surface area contributed by atoms with Crippen molar-refractivity contribution in [1.29, 1.82) is 0 Å². The third kappa shape index (κ3) is 6.36. The minimum absolute atomic E-state index is 0. The molecule has 1 atom stereocenters. The third-order valence-electron chi connectivity index (χ3n) is 5.19. The van der Waals surface area contributed by atoms with Gasteiger partial charge in [-0.25, -0.2) is 0 Å². The molecule has 0 bridgehead atoms.